The van der Waals surface area contributed by atoms with E-state index in [1.54, 1.807) is 6.07 Å². The number of aromatic nitrogens is 2. The third-order valence-corrected chi connectivity index (χ3v) is 5.16. The van der Waals surface area contributed by atoms with Crippen LogP contribution in [0, 0.1) is 0 Å². The summed E-state index contributed by atoms with van der Waals surface area (Å²) in [6.07, 6.45) is 6.12. The molecule has 4 rings (SSSR count). The molecule has 1 heterocycles. The van der Waals surface area contributed by atoms with Crippen LogP contribution >= 0.6 is 34.8 Å². The van der Waals surface area contributed by atoms with Crippen LogP contribution in [0.25, 0.3) is 17.3 Å². The quantitative estimate of drug-likeness (QED) is 0.512. The molecule has 5 heteroatoms. The minimum Gasteiger partial charge on any atom is -0.233 e. The van der Waals surface area contributed by atoms with Gasteiger partial charge in [0.15, 0.2) is 0 Å². The zero-order valence-electron chi connectivity index (χ0n) is 12.6. The molecule has 2 nitrogen and oxygen atoms in total. The molecule has 0 N–H and O–H groups in total. The summed E-state index contributed by atoms with van der Waals surface area (Å²) in [5.41, 5.74) is 5.69. The summed E-state index contributed by atoms with van der Waals surface area (Å²) >= 11 is 18.2. The van der Waals surface area contributed by atoms with E-state index in [0.29, 0.717) is 10.0 Å². The highest BCUT2D eigenvalue weighted by Gasteiger charge is 2.22. The number of rotatable bonds is 2. The van der Waals surface area contributed by atoms with E-state index >= 15 is 0 Å². The summed E-state index contributed by atoms with van der Waals surface area (Å²) in [5, 5.41) is 6.35. The summed E-state index contributed by atoms with van der Waals surface area (Å²) in [7, 11) is 0. The van der Waals surface area contributed by atoms with Crippen LogP contribution in [0.5, 0.6) is 0 Å². The molecule has 3 aromatic rings. The maximum atomic E-state index is 6.16. The van der Waals surface area contributed by atoms with Crippen molar-refractivity contribution in [3.8, 4) is 5.69 Å². The number of halogens is 3. The van der Waals surface area contributed by atoms with Gasteiger partial charge in [0.25, 0.3) is 0 Å². The molecule has 0 unspecified atom stereocenters. The molecular weight excluding hydrogens is 363 g/mol. The molecule has 0 fully saturated rings. The first-order valence-corrected chi connectivity index (χ1v) is 8.74. The topological polar surface area (TPSA) is 17.8 Å². The Morgan fingerprint density at radius 3 is 2.46 bits per heavy atom. The standard InChI is InChI=1S/C19H13Cl3N2/c20-15-5-1-12(2-6-15)9-13-3-4-14-11-23-24(19(13)14)16-7-8-17(21)18(22)10-16/h1-2,5-11H,3-4H2. The van der Waals surface area contributed by atoms with Crippen molar-refractivity contribution in [2.45, 2.75) is 12.8 Å². The van der Waals surface area contributed by atoms with Crippen LogP contribution in [0.1, 0.15) is 23.2 Å². The Morgan fingerprint density at radius 1 is 0.917 bits per heavy atom. The van der Waals surface area contributed by atoms with Crippen LogP contribution in [-0.2, 0) is 6.42 Å². The van der Waals surface area contributed by atoms with Gasteiger partial charge in [-0.3, -0.25) is 0 Å². The molecule has 0 saturated heterocycles. The van der Waals surface area contributed by atoms with E-state index in [1.165, 1.54) is 11.1 Å². The minimum atomic E-state index is 0.527. The van der Waals surface area contributed by atoms with Gasteiger partial charge in [0.2, 0.25) is 0 Å². The first-order chi connectivity index (χ1) is 11.6. The molecule has 0 atom stereocenters. The van der Waals surface area contributed by atoms with Crippen molar-refractivity contribution < 1.29 is 0 Å². The van der Waals surface area contributed by atoms with Gasteiger partial charge in [-0.25, -0.2) is 4.68 Å². The lowest BCUT2D eigenvalue weighted by atomic mass is 10.1. The molecule has 0 saturated carbocycles. The van der Waals surface area contributed by atoms with E-state index in [2.05, 4.69) is 11.2 Å². The molecule has 0 spiro atoms. The lowest BCUT2D eigenvalue weighted by Crippen LogP contribution is -2.00. The van der Waals surface area contributed by atoms with Crippen LogP contribution in [0.2, 0.25) is 15.1 Å². The van der Waals surface area contributed by atoms with Crippen LogP contribution < -0.4 is 0 Å². The molecule has 1 aliphatic carbocycles. The Bertz CT molecular complexity index is 940. The van der Waals surface area contributed by atoms with Crippen molar-refractivity contribution in [1.82, 2.24) is 9.78 Å². The summed E-state index contributed by atoms with van der Waals surface area (Å²) in [5.74, 6) is 0. The Balaban J connectivity index is 1.79. The number of hydrogen-bond acceptors (Lipinski definition) is 1. The van der Waals surface area contributed by atoms with Crippen molar-refractivity contribution in [1.29, 1.82) is 0 Å². The first kappa shape index (κ1) is 15.8. The van der Waals surface area contributed by atoms with Crippen molar-refractivity contribution in [3.05, 3.63) is 80.6 Å². The van der Waals surface area contributed by atoms with E-state index in [1.807, 2.05) is 47.3 Å². The van der Waals surface area contributed by atoms with Gasteiger partial charge in [-0.2, -0.15) is 5.10 Å². The average molecular weight is 376 g/mol. The number of aryl methyl sites for hydroxylation is 1. The Hall–Kier alpha value is -1.74. The molecular formula is C19H13Cl3N2. The molecule has 0 amide bonds. The lowest BCUT2D eigenvalue weighted by molar-refractivity contribution is 0.865. The van der Waals surface area contributed by atoms with Gasteiger partial charge in [0.05, 0.1) is 27.6 Å². The van der Waals surface area contributed by atoms with Crippen molar-refractivity contribution in [2.24, 2.45) is 0 Å². The second-order valence-corrected chi connectivity index (χ2v) is 7.00. The van der Waals surface area contributed by atoms with Gasteiger partial charge >= 0.3 is 0 Å². The third-order valence-electron chi connectivity index (χ3n) is 4.17. The van der Waals surface area contributed by atoms with E-state index in [4.69, 9.17) is 34.8 Å². The highest BCUT2D eigenvalue weighted by atomic mass is 35.5. The molecule has 2 aromatic carbocycles. The second-order valence-electron chi connectivity index (χ2n) is 5.75. The number of fused-ring (bicyclic) bond motifs is 1. The highest BCUT2D eigenvalue weighted by molar-refractivity contribution is 6.42. The van der Waals surface area contributed by atoms with Crippen LogP contribution in [-0.4, -0.2) is 9.78 Å². The van der Waals surface area contributed by atoms with E-state index < -0.39 is 0 Å². The number of benzene rings is 2. The molecule has 0 radical (unpaired) electrons. The predicted molar refractivity (Wildman–Crippen MR) is 101 cm³/mol. The van der Waals surface area contributed by atoms with Gasteiger partial charge in [0, 0.05) is 5.02 Å². The fourth-order valence-electron chi connectivity index (χ4n) is 3.01. The van der Waals surface area contributed by atoms with E-state index in [0.717, 1.165) is 34.8 Å². The van der Waals surface area contributed by atoms with Gasteiger partial charge in [-0.1, -0.05) is 46.9 Å². The van der Waals surface area contributed by atoms with Crippen molar-refractivity contribution in [3.63, 3.8) is 0 Å². The molecule has 0 aliphatic heterocycles. The van der Waals surface area contributed by atoms with Crippen molar-refractivity contribution >= 4 is 46.5 Å². The number of nitrogens with zero attached hydrogens (tertiary/aromatic N) is 2. The maximum Gasteiger partial charge on any atom is 0.0733 e. The summed E-state index contributed by atoms with van der Waals surface area (Å²) in [6, 6.07) is 13.4. The normalized spacial score (nSPS) is 15.0. The summed E-state index contributed by atoms with van der Waals surface area (Å²) < 4.78 is 1.94. The van der Waals surface area contributed by atoms with Gasteiger partial charge in [-0.05, 0) is 65.9 Å². The Morgan fingerprint density at radius 2 is 1.71 bits per heavy atom. The molecule has 1 aromatic heterocycles. The number of allylic oxidation sites excluding steroid dienone is 1. The molecule has 0 bridgehead atoms. The van der Waals surface area contributed by atoms with Crippen LogP contribution in [0.4, 0.5) is 0 Å². The maximum absolute atomic E-state index is 6.16. The zero-order valence-corrected chi connectivity index (χ0v) is 14.9. The van der Waals surface area contributed by atoms with Gasteiger partial charge in [-0.15, -0.1) is 0 Å². The number of hydrogen-bond donors (Lipinski definition) is 0. The van der Waals surface area contributed by atoms with Crippen LogP contribution in [0.15, 0.2) is 48.7 Å². The van der Waals surface area contributed by atoms with Crippen LogP contribution in [0.3, 0.4) is 0 Å². The second kappa shape index (κ2) is 6.29. The smallest absolute Gasteiger partial charge is 0.0733 e. The highest BCUT2D eigenvalue weighted by Crippen LogP contribution is 2.36. The fraction of sp³-hybridized carbons (Fsp3) is 0.105. The van der Waals surface area contributed by atoms with Gasteiger partial charge in [0.1, 0.15) is 0 Å². The fourth-order valence-corrected chi connectivity index (χ4v) is 3.43. The summed E-state index contributed by atoms with van der Waals surface area (Å²) in [6.45, 7) is 0. The van der Waals surface area contributed by atoms with Gasteiger partial charge < -0.3 is 0 Å². The first-order valence-electron chi connectivity index (χ1n) is 7.60. The van der Waals surface area contributed by atoms with E-state index in [9.17, 15) is 0 Å². The molecule has 24 heavy (non-hydrogen) atoms. The molecule has 120 valence electrons. The Kier molecular flexibility index (Phi) is 4.13. The predicted octanol–water partition coefficient (Wildman–Crippen LogP) is 6.32. The van der Waals surface area contributed by atoms with Crippen molar-refractivity contribution in [2.75, 3.05) is 0 Å². The minimum absolute atomic E-state index is 0.527. The lowest BCUT2D eigenvalue weighted by Gasteiger charge is -2.09. The largest absolute Gasteiger partial charge is 0.233 e. The average Bonchev–Trinajstić information content (AvgIpc) is 3.15. The molecule has 1 aliphatic rings. The summed E-state index contributed by atoms with van der Waals surface area (Å²) in [4.78, 5) is 0. The third kappa shape index (κ3) is 2.86. The Labute approximate surface area is 155 Å². The SMILES string of the molecule is Clc1ccc(C=C2CCc3cnn(-c4ccc(Cl)c(Cl)c4)c32)cc1. The zero-order chi connectivity index (χ0) is 16.7. The van der Waals surface area contributed by atoms with E-state index in [-0.39, 0.29) is 0 Å². The monoisotopic (exact) mass is 374 g/mol.